The van der Waals surface area contributed by atoms with E-state index in [-0.39, 0.29) is 0 Å². The van der Waals surface area contributed by atoms with Gasteiger partial charge in [-0.25, -0.2) is 0 Å². The molecule has 3 heteroatoms. The Morgan fingerprint density at radius 1 is 0.947 bits per heavy atom. The first kappa shape index (κ1) is 13.0. The van der Waals surface area contributed by atoms with Crippen molar-refractivity contribution < 1.29 is 0 Å². The zero-order chi connectivity index (χ0) is 13.2. The summed E-state index contributed by atoms with van der Waals surface area (Å²) in [6.45, 7) is 1.04. The van der Waals surface area contributed by atoms with Crippen molar-refractivity contribution in [3.63, 3.8) is 0 Å². The molecule has 0 fully saturated rings. The van der Waals surface area contributed by atoms with Gasteiger partial charge in [-0.3, -0.25) is 0 Å². The monoisotopic (exact) mass is 335 g/mol. The normalized spacial score (nSPS) is 11.5. The number of alkyl halides is 1. The van der Waals surface area contributed by atoms with Crippen LogP contribution in [0.3, 0.4) is 0 Å². The van der Waals surface area contributed by atoms with E-state index in [4.69, 9.17) is 11.6 Å². The number of halogens is 2. The first-order valence-corrected chi connectivity index (χ1v) is 8.04. The van der Waals surface area contributed by atoms with Crippen molar-refractivity contribution in [2.75, 3.05) is 5.33 Å². The lowest BCUT2D eigenvalue weighted by atomic mass is 10.1. The first-order valence-electron chi connectivity index (χ1n) is 6.54. The Balaban J connectivity index is 2.24. The average Bonchev–Trinajstić information content (AvgIpc) is 2.75. The molecule has 0 saturated heterocycles. The number of aryl methyl sites for hydroxylation is 1. The van der Waals surface area contributed by atoms with E-state index in [1.807, 2.05) is 12.1 Å². The molecule has 1 aromatic heterocycles. The van der Waals surface area contributed by atoms with Gasteiger partial charge >= 0.3 is 0 Å². The fourth-order valence-electron chi connectivity index (χ4n) is 2.66. The summed E-state index contributed by atoms with van der Waals surface area (Å²) in [6.07, 6.45) is 2.36. The van der Waals surface area contributed by atoms with Crippen LogP contribution in [-0.4, -0.2) is 9.90 Å². The molecule has 2 aromatic carbocycles. The summed E-state index contributed by atoms with van der Waals surface area (Å²) in [5, 5.41) is 4.33. The van der Waals surface area contributed by atoms with Gasteiger partial charge in [-0.1, -0.05) is 51.8 Å². The molecule has 0 aliphatic carbocycles. The largest absolute Gasteiger partial charge is 0.340 e. The van der Waals surface area contributed by atoms with Crippen LogP contribution in [0.25, 0.3) is 21.8 Å². The quantitative estimate of drug-likeness (QED) is 0.430. The Morgan fingerprint density at radius 3 is 2.58 bits per heavy atom. The van der Waals surface area contributed by atoms with Crippen LogP contribution in [0, 0.1) is 0 Å². The molecular weight excluding hydrogens is 322 g/mol. The highest BCUT2D eigenvalue weighted by atomic mass is 79.9. The van der Waals surface area contributed by atoms with Gasteiger partial charge in [-0.2, -0.15) is 0 Å². The molecule has 0 radical (unpaired) electrons. The maximum absolute atomic E-state index is 6.39. The van der Waals surface area contributed by atoms with E-state index in [9.17, 15) is 0 Å². The Labute approximate surface area is 126 Å². The molecule has 3 aromatic rings. The average molecular weight is 337 g/mol. The first-order chi connectivity index (χ1) is 9.33. The summed E-state index contributed by atoms with van der Waals surface area (Å²) < 4.78 is 2.39. The van der Waals surface area contributed by atoms with Crippen molar-refractivity contribution in [2.45, 2.75) is 19.4 Å². The number of hydrogen-bond donors (Lipinski definition) is 0. The van der Waals surface area contributed by atoms with E-state index in [0.717, 1.165) is 16.9 Å². The molecule has 3 rings (SSSR count). The van der Waals surface area contributed by atoms with Gasteiger partial charge in [0.1, 0.15) is 0 Å². The summed E-state index contributed by atoms with van der Waals surface area (Å²) in [5.74, 6) is 0. The summed E-state index contributed by atoms with van der Waals surface area (Å²) in [7, 11) is 0. The van der Waals surface area contributed by atoms with Crippen molar-refractivity contribution in [1.82, 2.24) is 4.57 Å². The maximum atomic E-state index is 6.39. The second kappa shape index (κ2) is 5.56. The van der Waals surface area contributed by atoms with E-state index in [0.29, 0.717) is 0 Å². The van der Waals surface area contributed by atoms with Crippen LogP contribution in [0.4, 0.5) is 0 Å². The molecule has 0 aliphatic heterocycles. The molecule has 0 bridgehead atoms. The zero-order valence-corrected chi connectivity index (χ0v) is 12.9. The minimum Gasteiger partial charge on any atom is -0.340 e. The number of nitrogens with zero attached hydrogens (tertiary/aromatic N) is 1. The predicted octanol–water partition coefficient (Wildman–Crippen LogP) is 5.62. The van der Waals surface area contributed by atoms with Gasteiger partial charge in [-0.05, 0) is 31.0 Å². The summed E-state index contributed by atoms with van der Waals surface area (Å²) in [4.78, 5) is 0. The molecule has 0 saturated carbocycles. The van der Waals surface area contributed by atoms with Crippen LogP contribution in [0.1, 0.15) is 12.8 Å². The summed E-state index contributed by atoms with van der Waals surface area (Å²) in [6, 6.07) is 14.7. The smallest absolute Gasteiger partial charge is 0.0506 e. The number of fused-ring (bicyclic) bond motifs is 3. The maximum Gasteiger partial charge on any atom is 0.0506 e. The van der Waals surface area contributed by atoms with Gasteiger partial charge in [0.2, 0.25) is 0 Å². The molecule has 0 amide bonds. The van der Waals surface area contributed by atoms with Crippen LogP contribution < -0.4 is 0 Å². The number of rotatable bonds is 4. The molecule has 0 aliphatic rings. The van der Waals surface area contributed by atoms with Crippen LogP contribution in [0.5, 0.6) is 0 Å². The third-order valence-corrected chi connectivity index (χ3v) is 4.39. The lowest BCUT2D eigenvalue weighted by molar-refractivity contribution is 0.670. The van der Waals surface area contributed by atoms with E-state index >= 15 is 0 Å². The third-order valence-electron chi connectivity index (χ3n) is 3.51. The van der Waals surface area contributed by atoms with Crippen LogP contribution in [-0.2, 0) is 6.54 Å². The highest BCUT2D eigenvalue weighted by molar-refractivity contribution is 9.09. The van der Waals surface area contributed by atoms with E-state index in [2.05, 4.69) is 50.8 Å². The molecule has 0 atom stereocenters. The van der Waals surface area contributed by atoms with Crippen LogP contribution in [0.15, 0.2) is 42.5 Å². The van der Waals surface area contributed by atoms with E-state index < -0.39 is 0 Å². The Morgan fingerprint density at radius 2 is 1.74 bits per heavy atom. The number of unbranched alkanes of at least 4 members (excludes halogenated alkanes) is 1. The molecule has 0 unspecified atom stereocenters. The van der Waals surface area contributed by atoms with Gasteiger partial charge < -0.3 is 4.57 Å². The molecule has 98 valence electrons. The minimum absolute atomic E-state index is 0.841. The molecular formula is C16H15BrClN. The predicted molar refractivity (Wildman–Crippen MR) is 87.5 cm³/mol. The van der Waals surface area contributed by atoms with Gasteiger partial charge in [0.15, 0.2) is 0 Å². The van der Waals surface area contributed by atoms with Crippen molar-refractivity contribution in [1.29, 1.82) is 0 Å². The fraction of sp³-hybridized carbons (Fsp3) is 0.250. The second-order valence-corrected chi connectivity index (χ2v) is 5.90. The molecule has 0 spiro atoms. The van der Waals surface area contributed by atoms with Gasteiger partial charge in [-0.15, -0.1) is 0 Å². The van der Waals surface area contributed by atoms with Crippen LogP contribution in [0.2, 0.25) is 5.02 Å². The number of aromatic nitrogens is 1. The molecule has 19 heavy (non-hydrogen) atoms. The number of para-hydroxylation sites is 1. The van der Waals surface area contributed by atoms with E-state index in [1.54, 1.807) is 0 Å². The summed E-state index contributed by atoms with van der Waals surface area (Å²) >= 11 is 9.88. The second-order valence-electron chi connectivity index (χ2n) is 4.70. The van der Waals surface area contributed by atoms with Crippen molar-refractivity contribution in [3.8, 4) is 0 Å². The van der Waals surface area contributed by atoms with Crippen LogP contribution >= 0.6 is 27.5 Å². The highest BCUT2D eigenvalue weighted by Gasteiger charge is 2.11. The van der Waals surface area contributed by atoms with E-state index in [1.165, 1.54) is 34.6 Å². The van der Waals surface area contributed by atoms with Crippen molar-refractivity contribution >= 4 is 49.3 Å². The lowest BCUT2D eigenvalue weighted by Gasteiger charge is -2.06. The van der Waals surface area contributed by atoms with Gasteiger partial charge in [0, 0.05) is 28.2 Å². The standard InChI is InChI=1S/C16H15BrClN/c17-10-3-4-11-19-14-8-2-1-6-12(14)16-13(18)7-5-9-15(16)19/h1-2,5-9H,3-4,10-11H2. The van der Waals surface area contributed by atoms with Gasteiger partial charge in [0.05, 0.1) is 10.5 Å². The number of hydrogen-bond acceptors (Lipinski definition) is 0. The topological polar surface area (TPSA) is 4.93 Å². The number of benzene rings is 2. The van der Waals surface area contributed by atoms with Gasteiger partial charge in [0.25, 0.3) is 0 Å². The summed E-state index contributed by atoms with van der Waals surface area (Å²) in [5.41, 5.74) is 2.52. The Kier molecular flexibility index (Phi) is 3.81. The highest BCUT2D eigenvalue weighted by Crippen LogP contribution is 2.34. The SMILES string of the molecule is Clc1cccc2c1c1ccccc1n2CCCCBr. The van der Waals surface area contributed by atoms with Crippen molar-refractivity contribution in [3.05, 3.63) is 47.5 Å². The van der Waals surface area contributed by atoms with Crippen molar-refractivity contribution in [2.24, 2.45) is 0 Å². The molecule has 0 N–H and O–H groups in total. The fourth-order valence-corrected chi connectivity index (χ4v) is 3.33. The third kappa shape index (κ3) is 2.28. The Hall–Kier alpha value is -0.990. The zero-order valence-electron chi connectivity index (χ0n) is 10.6. The minimum atomic E-state index is 0.841. The Bertz CT molecular complexity index is 717. The molecule has 1 heterocycles. The molecule has 1 nitrogen and oxygen atoms in total. The lowest BCUT2D eigenvalue weighted by Crippen LogP contribution is -1.97.